The topological polar surface area (TPSA) is 160 Å². The number of aliphatic hydroxyl groups is 7. The van der Waals surface area contributed by atoms with E-state index in [-0.39, 0.29) is 52.1 Å². The van der Waals surface area contributed by atoms with Gasteiger partial charge in [0.05, 0.1) is 36.6 Å². The number of hydrogen-bond donors (Lipinski definition) is 7. The van der Waals surface area contributed by atoms with Crippen molar-refractivity contribution >= 4 is 0 Å². The molecule has 0 amide bonds. The van der Waals surface area contributed by atoms with Crippen molar-refractivity contribution in [3.05, 3.63) is 0 Å². The van der Waals surface area contributed by atoms with Crippen molar-refractivity contribution in [2.75, 3.05) is 6.61 Å². The molecule has 0 aromatic carbocycles. The fraction of sp³-hybridized carbons (Fsp3) is 1.00. The van der Waals surface area contributed by atoms with Crippen LogP contribution >= 0.6 is 0 Å². The molecule has 7 N–H and O–H groups in total. The third-order valence-corrected chi connectivity index (χ3v) is 15.1. The van der Waals surface area contributed by atoms with Crippen molar-refractivity contribution in [3.8, 4) is 0 Å². The molecule has 9 nitrogen and oxygen atoms in total. The summed E-state index contributed by atoms with van der Waals surface area (Å²) in [6, 6.07) is 0. The zero-order valence-corrected chi connectivity index (χ0v) is 27.9. The zero-order valence-electron chi connectivity index (χ0n) is 27.9. The first-order valence-corrected chi connectivity index (χ1v) is 17.3. The number of hydrogen-bond acceptors (Lipinski definition) is 9. The number of ether oxygens (including phenoxy) is 2. The Morgan fingerprint density at radius 2 is 1.55 bits per heavy atom. The highest BCUT2D eigenvalue weighted by atomic mass is 16.7. The highest BCUT2D eigenvalue weighted by Gasteiger charge is 2.84. The van der Waals surface area contributed by atoms with E-state index < -0.39 is 53.9 Å². The third kappa shape index (κ3) is 4.50. The lowest BCUT2D eigenvalue weighted by molar-refractivity contribution is -0.306. The van der Waals surface area contributed by atoms with Crippen molar-refractivity contribution in [3.63, 3.8) is 0 Å². The van der Waals surface area contributed by atoms with Crippen LogP contribution in [0.1, 0.15) is 106 Å². The summed E-state index contributed by atoms with van der Waals surface area (Å²) >= 11 is 0. The van der Waals surface area contributed by atoms with Crippen molar-refractivity contribution in [2.45, 2.75) is 161 Å². The third-order valence-electron chi connectivity index (χ3n) is 15.1. The van der Waals surface area contributed by atoms with Gasteiger partial charge in [0, 0.05) is 0 Å². The SMILES string of the molecule is C[C@H](CC[C@H](O)C(C)(C)O)[C@H]1[C@H](O)C[C@@]2(C)[C@H]3C[C@H](O)[C@@H]4C(C)(C)[C@H](O[C@@H]5OC[C@@H](O)[C@H](O)[C@H]5O)CC[C@@]45C[C@@]35CC[C@]12C. The Morgan fingerprint density at radius 1 is 0.864 bits per heavy atom. The van der Waals surface area contributed by atoms with Gasteiger partial charge in [-0.05, 0) is 122 Å². The van der Waals surface area contributed by atoms with Gasteiger partial charge in [-0.1, -0.05) is 34.6 Å². The van der Waals surface area contributed by atoms with Crippen LogP contribution in [0.25, 0.3) is 0 Å². The number of rotatable bonds is 7. The molecule has 0 unspecified atom stereocenters. The van der Waals surface area contributed by atoms with Crippen molar-refractivity contribution in [1.29, 1.82) is 0 Å². The molecular formula is C35H60O9. The van der Waals surface area contributed by atoms with E-state index in [0.717, 1.165) is 44.9 Å². The summed E-state index contributed by atoms with van der Waals surface area (Å²) in [6.07, 6.45) is 0.734. The highest BCUT2D eigenvalue weighted by molar-refractivity contribution is 5.32. The Balaban J connectivity index is 1.22. The molecule has 1 saturated heterocycles. The van der Waals surface area contributed by atoms with Gasteiger partial charge in [-0.25, -0.2) is 0 Å². The lowest BCUT2D eigenvalue weighted by Gasteiger charge is -2.64. The van der Waals surface area contributed by atoms with Gasteiger partial charge < -0.3 is 45.2 Å². The molecule has 254 valence electrons. The maximum atomic E-state index is 12.1. The van der Waals surface area contributed by atoms with Crippen LogP contribution < -0.4 is 0 Å². The van der Waals surface area contributed by atoms with Gasteiger partial charge in [0.2, 0.25) is 0 Å². The number of aliphatic hydroxyl groups excluding tert-OH is 6. The smallest absolute Gasteiger partial charge is 0.186 e. The summed E-state index contributed by atoms with van der Waals surface area (Å²) in [5.41, 5.74) is -1.62. The summed E-state index contributed by atoms with van der Waals surface area (Å²) in [6.45, 7) is 14.5. The number of fused-ring (bicyclic) bond motifs is 2. The molecule has 5 aliphatic carbocycles. The van der Waals surface area contributed by atoms with Crippen LogP contribution in [-0.4, -0.2) is 97.0 Å². The average molecular weight is 625 g/mol. The van der Waals surface area contributed by atoms with Crippen molar-refractivity contribution in [2.24, 2.45) is 50.7 Å². The molecule has 6 rings (SSSR count). The van der Waals surface area contributed by atoms with Crippen LogP contribution in [0.3, 0.4) is 0 Å². The van der Waals surface area contributed by atoms with Gasteiger partial charge in [-0.15, -0.1) is 0 Å². The van der Waals surface area contributed by atoms with Crippen LogP contribution in [0.4, 0.5) is 0 Å². The summed E-state index contributed by atoms with van der Waals surface area (Å²) in [5.74, 6) is 0.626. The Kier molecular flexibility index (Phi) is 8.06. The van der Waals surface area contributed by atoms with Gasteiger partial charge in [-0.2, -0.15) is 0 Å². The van der Waals surface area contributed by atoms with Crippen LogP contribution in [0.15, 0.2) is 0 Å². The maximum absolute atomic E-state index is 12.1. The molecule has 44 heavy (non-hydrogen) atoms. The van der Waals surface area contributed by atoms with Crippen LogP contribution in [-0.2, 0) is 9.47 Å². The normalized spacial score (nSPS) is 54.4. The molecule has 0 aromatic heterocycles. The molecule has 6 aliphatic rings. The van der Waals surface area contributed by atoms with Gasteiger partial charge in [0.15, 0.2) is 6.29 Å². The van der Waals surface area contributed by atoms with Crippen LogP contribution in [0.5, 0.6) is 0 Å². The first-order chi connectivity index (χ1) is 20.3. The van der Waals surface area contributed by atoms with Crippen LogP contribution in [0, 0.1) is 50.7 Å². The summed E-state index contributed by atoms with van der Waals surface area (Å²) in [5, 5.41) is 75.3. The quantitative estimate of drug-likeness (QED) is 0.211. The fourth-order valence-corrected chi connectivity index (χ4v) is 12.8. The van der Waals surface area contributed by atoms with Crippen LogP contribution in [0.2, 0.25) is 0 Å². The summed E-state index contributed by atoms with van der Waals surface area (Å²) in [7, 11) is 0. The molecule has 2 spiro atoms. The van der Waals surface area contributed by atoms with Gasteiger partial charge in [-0.3, -0.25) is 0 Å². The fourth-order valence-electron chi connectivity index (χ4n) is 12.8. The minimum atomic E-state index is -1.34. The first kappa shape index (κ1) is 33.5. The summed E-state index contributed by atoms with van der Waals surface area (Å²) < 4.78 is 12.0. The van der Waals surface area contributed by atoms with Crippen molar-refractivity contribution in [1.82, 2.24) is 0 Å². The molecule has 9 heteroatoms. The largest absolute Gasteiger partial charge is 0.393 e. The molecule has 0 bridgehead atoms. The Hall–Kier alpha value is -0.360. The standard InChI is InChI=1S/C35H60O9/c1-18(8-9-23(39)31(4,5)42)25-20(37)15-33(7)22-14-19(36)28-30(2,3)24(44-29-27(41)26(40)21(38)16-43-29)10-11-35(28)17-34(22,35)13-12-32(25,33)6/h18-29,36-42H,8-17H2,1-7H3/t18-,19+,20-,21-,22-,23+,24-,25+,26+,27-,28-,29+,32-,33+,34+,35-/m1/s1. The second-order valence-corrected chi connectivity index (χ2v) is 17.9. The Bertz CT molecular complexity index is 1090. The zero-order chi connectivity index (χ0) is 32.4. The van der Waals surface area contributed by atoms with E-state index in [2.05, 4.69) is 34.6 Å². The lowest BCUT2D eigenvalue weighted by Crippen LogP contribution is -2.62. The molecular weight excluding hydrogens is 564 g/mol. The van der Waals surface area contributed by atoms with E-state index in [4.69, 9.17) is 9.47 Å². The van der Waals surface area contributed by atoms with E-state index in [1.807, 2.05) is 0 Å². The average Bonchev–Trinajstić information content (AvgIpc) is 3.51. The predicted molar refractivity (Wildman–Crippen MR) is 163 cm³/mol. The van der Waals surface area contributed by atoms with Gasteiger partial charge in [0.1, 0.15) is 18.3 Å². The molecule has 5 saturated carbocycles. The first-order valence-electron chi connectivity index (χ1n) is 17.3. The Morgan fingerprint density at radius 3 is 2.20 bits per heavy atom. The van der Waals surface area contributed by atoms with E-state index in [1.165, 1.54) is 0 Å². The van der Waals surface area contributed by atoms with E-state index in [0.29, 0.717) is 18.8 Å². The summed E-state index contributed by atoms with van der Waals surface area (Å²) in [4.78, 5) is 0. The highest BCUT2D eigenvalue weighted by Crippen LogP contribution is 2.89. The molecule has 0 radical (unpaired) electrons. The molecule has 6 fully saturated rings. The Labute approximate surface area is 263 Å². The minimum Gasteiger partial charge on any atom is -0.393 e. The monoisotopic (exact) mass is 624 g/mol. The molecule has 0 aromatic rings. The van der Waals surface area contributed by atoms with E-state index in [9.17, 15) is 35.7 Å². The maximum Gasteiger partial charge on any atom is 0.186 e. The van der Waals surface area contributed by atoms with Gasteiger partial charge in [0.25, 0.3) is 0 Å². The predicted octanol–water partition coefficient (Wildman–Crippen LogP) is 2.74. The molecule has 16 atom stereocenters. The second-order valence-electron chi connectivity index (χ2n) is 17.9. The minimum absolute atomic E-state index is 0.0102. The second kappa shape index (κ2) is 10.6. The van der Waals surface area contributed by atoms with E-state index in [1.54, 1.807) is 13.8 Å². The van der Waals surface area contributed by atoms with Crippen molar-refractivity contribution < 1.29 is 45.2 Å². The van der Waals surface area contributed by atoms with Gasteiger partial charge >= 0.3 is 0 Å². The molecule has 1 heterocycles. The lowest BCUT2D eigenvalue weighted by atomic mass is 9.41. The van der Waals surface area contributed by atoms with E-state index >= 15 is 0 Å². The molecule has 1 aliphatic heterocycles.